The second-order valence-electron chi connectivity index (χ2n) is 8.53. The maximum absolute atomic E-state index is 13.6. The largest absolute Gasteiger partial charge is 0.477 e. The molecule has 1 saturated carbocycles. The molecule has 30 heavy (non-hydrogen) atoms. The maximum atomic E-state index is 13.6. The summed E-state index contributed by atoms with van der Waals surface area (Å²) in [4.78, 5) is 24.2. The number of benzene rings is 1. The number of nitrogens with zero attached hydrogens (tertiary/aromatic N) is 3. The van der Waals surface area contributed by atoms with Crippen molar-refractivity contribution in [2.24, 2.45) is 5.92 Å². The highest BCUT2D eigenvalue weighted by Gasteiger charge is 2.37. The van der Waals surface area contributed by atoms with Crippen LogP contribution in [0.5, 0.6) is 0 Å². The average Bonchev–Trinajstić information content (AvgIpc) is 3.47. The van der Waals surface area contributed by atoms with Gasteiger partial charge in [-0.05, 0) is 36.5 Å². The summed E-state index contributed by atoms with van der Waals surface area (Å²) in [6, 6.07) is 7.71. The van der Waals surface area contributed by atoms with Gasteiger partial charge in [0.25, 0.3) is 0 Å². The topological polar surface area (TPSA) is 77.1 Å². The molecule has 7 heteroatoms. The summed E-state index contributed by atoms with van der Waals surface area (Å²) < 4.78 is 17.4. The van der Waals surface area contributed by atoms with Crippen molar-refractivity contribution in [1.29, 1.82) is 0 Å². The molecular formula is C23H22FN3O3. The number of carboxylic acids is 1. The summed E-state index contributed by atoms with van der Waals surface area (Å²) >= 11 is 0. The van der Waals surface area contributed by atoms with Crippen LogP contribution in [0.2, 0.25) is 0 Å². The molecule has 1 N–H and O–H groups in total. The first-order chi connectivity index (χ1) is 14.3. The van der Waals surface area contributed by atoms with Crippen LogP contribution >= 0.6 is 0 Å². The highest BCUT2D eigenvalue weighted by Crippen LogP contribution is 2.49. The standard InChI is InChI=1S/C23H22FN3O3/c1-12(2)18-11-27-22(17-9-19(28)16(23(29)30)10-26(17)18)20(21(25-27)14-3-4-14)13-5-7-15(24)8-6-13/h5-10,12,14,18H,3-4,11H2,1-2H3,(H,29,30). The van der Waals surface area contributed by atoms with Gasteiger partial charge in [-0.25, -0.2) is 9.18 Å². The second kappa shape index (κ2) is 6.65. The van der Waals surface area contributed by atoms with E-state index in [1.165, 1.54) is 24.4 Å². The number of carbonyl (C=O) groups is 1. The fraction of sp³-hybridized carbons (Fsp3) is 0.348. The van der Waals surface area contributed by atoms with Gasteiger partial charge in [0.15, 0.2) is 5.43 Å². The Hall–Kier alpha value is -3.22. The van der Waals surface area contributed by atoms with E-state index in [0.717, 1.165) is 35.4 Å². The SMILES string of the molecule is CC(C)C1Cn2nc(C3CC3)c(-c3ccc(F)cc3)c2-c2cc(=O)c(C(=O)O)cn21. The zero-order valence-corrected chi connectivity index (χ0v) is 16.8. The summed E-state index contributed by atoms with van der Waals surface area (Å²) in [6.45, 7) is 4.73. The fourth-order valence-electron chi connectivity index (χ4n) is 4.39. The van der Waals surface area contributed by atoms with E-state index in [1.54, 1.807) is 12.1 Å². The van der Waals surface area contributed by atoms with Gasteiger partial charge >= 0.3 is 5.97 Å². The van der Waals surface area contributed by atoms with Crippen molar-refractivity contribution >= 4 is 5.97 Å². The Morgan fingerprint density at radius 3 is 2.53 bits per heavy atom. The Bertz CT molecular complexity index is 1220. The molecule has 5 rings (SSSR count). The number of fused-ring (bicyclic) bond motifs is 3. The number of hydrogen-bond donors (Lipinski definition) is 1. The van der Waals surface area contributed by atoms with Crippen molar-refractivity contribution in [2.75, 3.05) is 0 Å². The Labute approximate surface area is 172 Å². The number of aromatic carboxylic acids is 1. The highest BCUT2D eigenvalue weighted by molar-refractivity contribution is 5.88. The molecule has 2 aromatic heterocycles. The van der Waals surface area contributed by atoms with Gasteiger partial charge in [0.05, 0.1) is 29.7 Å². The van der Waals surface area contributed by atoms with E-state index < -0.39 is 11.4 Å². The molecule has 1 atom stereocenters. The quantitative estimate of drug-likeness (QED) is 0.699. The second-order valence-corrected chi connectivity index (χ2v) is 8.53. The predicted octanol–water partition coefficient (Wildman–Crippen LogP) is 4.30. The minimum absolute atomic E-state index is 0.0285. The summed E-state index contributed by atoms with van der Waals surface area (Å²) in [5, 5.41) is 14.4. The van der Waals surface area contributed by atoms with Crippen molar-refractivity contribution in [1.82, 2.24) is 14.3 Å². The number of aromatic nitrogens is 3. The number of rotatable bonds is 4. The molecule has 0 radical (unpaired) electrons. The van der Waals surface area contributed by atoms with Gasteiger partial charge in [0.1, 0.15) is 11.4 Å². The third kappa shape index (κ3) is 2.88. The molecule has 0 saturated heterocycles. The van der Waals surface area contributed by atoms with E-state index >= 15 is 0 Å². The first-order valence-electron chi connectivity index (χ1n) is 10.2. The van der Waals surface area contributed by atoms with Crippen molar-refractivity contribution < 1.29 is 14.3 Å². The molecule has 1 aliphatic heterocycles. The number of halogens is 1. The number of pyridine rings is 1. The predicted molar refractivity (Wildman–Crippen MR) is 110 cm³/mol. The Morgan fingerprint density at radius 2 is 1.93 bits per heavy atom. The molecule has 2 aliphatic rings. The van der Waals surface area contributed by atoms with Crippen LogP contribution in [0.25, 0.3) is 22.5 Å². The van der Waals surface area contributed by atoms with Crippen molar-refractivity contribution in [3.63, 3.8) is 0 Å². The van der Waals surface area contributed by atoms with Crippen molar-refractivity contribution in [3.8, 4) is 22.5 Å². The van der Waals surface area contributed by atoms with Crippen LogP contribution in [0, 0.1) is 11.7 Å². The molecule has 154 valence electrons. The molecule has 3 heterocycles. The van der Waals surface area contributed by atoms with Crippen LogP contribution in [-0.2, 0) is 6.54 Å². The van der Waals surface area contributed by atoms with Crippen molar-refractivity contribution in [2.45, 2.75) is 45.2 Å². The molecule has 1 fully saturated rings. The van der Waals surface area contributed by atoms with E-state index in [1.807, 2.05) is 9.25 Å². The molecule has 1 unspecified atom stereocenters. The van der Waals surface area contributed by atoms with Crippen LogP contribution in [0.3, 0.4) is 0 Å². The molecule has 1 aromatic carbocycles. The van der Waals surface area contributed by atoms with Gasteiger partial charge in [-0.3, -0.25) is 9.48 Å². The van der Waals surface area contributed by atoms with E-state index in [9.17, 15) is 19.1 Å². The molecule has 0 spiro atoms. The summed E-state index contributed by atoms with van der Waals surface area (Å²) in [5.74, 6) is -0.965. The van der Waals surface area contributed by atoms with Gasteiger partial charge < -0.3 is 9.67 Å². The normalized spacial score (nSPS) is 17.7. The lowest BCUT2D eigenvalue weighted by molar-refractivity contribution is 0.0694. The number of carboxylic acid groups (broad SMARTS) is 1. The van der Waals surface area contributed by atoms with Gasteiger partial charge in [-0.2, -0.15) is 5.10 Å². The van der Waals surface area contributed by atoms with Gasteiger partial charge in [-0.1, -0.05) is 26.0 Å². The third-order valence-corrected chi connectivity index (χ3v) is 6.12. The summed E-state index contributed by atoms with van der Waals surface area (Å²) in [7, 11) is 0. The minimum atomic E-state index is -1.23. The fourth-order valence-corrected chi connectivity index (χ4v) is 4.39. The van der Waals surface area contributed by atoms with Crippen molar-refractivity contribution in [3.05, 3.63) is 63.8 Å². The van der Waals surface area contributed by atoms with E-state index in [4.69, 9.17) is 5.10 Å². The molecule has 0 bridgehead atoms. The van der Waals surface area contributed by atoms with E-state index in [2.05, 4.69) is 13.8 Å². The third-order valence-electron chi connectivity index (χ3n) is 6.12. The summed E-state index contributed by atoms with van der Waals surface area (Å²) in [6.07, 6.45) is 3.58. The van der Waals surface area contributed by atoms with E-state index in [-0.39, 0.29) is 23.3 Å². The van der Waals surface area contributed by atoms with Crippen LogP contribution in [0.1, 0.15) is 54.7 Å². The zero-order chi connectivity index (χ0) is 21.2. The Kier molecular flexibility index (Phi) is 4.17. The van der Waals surface area contributed by atoms with Gasteiger partial charge in [0.2, 0.25) is 0 Å². The van der Waals surface area contributed by atoms with Gasteiger partial charge in [0, 0.05) is 23.7 Å². The highest BCUT2D eigenvalue weighted by atomic mass is 19.1. The monoisotopic (exact) mass is 407 g/mol. The van der Waals surface area contributed by atoms with Crippen LogP contribution in [0.4, 0.5) is 4.39 Å². The van der Waals surface area contributed by atoms with Crippen LogP contribution < -0.4 is 5.43 Å². The average molecular weight is 407 g/mol. The van der Waals surface area contributed by atoms with Crippen LogP contribution in [-0.4, -0.2) is 25.4 Å². The molecule has 0 amide bonds. The maximum Gasteiger partial charge on any atom is 0.341 e. The first kappa shape index (κ1) is 18.8. The summed E-state index contributed by atoms with van der Waals surface area (Å²) in [5.41, 5.74) is 3.44. The Balaban J connectivity index is 1.81. The lowest BCUT2D eigenvalue weighted by Crippen LogP contribution is -2.31. The minimum Gasteiger partial charge on any atom is -0.477 e. The molecular weight excluding hydrogens is 385 g/mol. The van der Waals surface area contributed by atoms with Crippen LogP contribution in [0.15, 0.2) is 41.3 Å². The lowest BCUT2D eigenvalue weighted by atomic mass is 9.95. The lowest BCUT2D eigenvalue weighted by Gasteiger charge is -2.32. The zero-order valence-electron chi connectivity index (χ0n) is 16.8. The number of hydrogen-bond acceptors (Lipinski definition) is 3. The first-order valence-corrected chi connectivity index (χ1v) is 10.2. The molecule has 3 aromatic rings. The molecule has 1 aliphatic carbocycles. The smallest absolute Gasteiger partial charge is 0.341 e. The van der Waals surface area contributed by atoms with E-state index in [0.29, 0.717) is 18.2 Å². The molecule has 6 nitrogen and oxygen atoms in total. The Morgan fingerprint density at radius 1 is 1.23 bits per heavy atom. The van der Waals surface area contributed by atoms with Gasteiger partial charge in [-0.15, -0.1) is 0 Å².